The molecule has 1 aliphatic carbocycles. The molecule has 0 unspecified atom stereocenters. The van der Waals surface area contributed by atoms with E-state index in [4.69, 9.17) is 4.74 Å². The van der Waals surface area contributed by atoms with Gasteiger partial charge < -0.3 is 9.64 Å². The number of likely N-dealkylation sites (tertiary alicyclic amines) is 1. The Balaban J connectivity index is 1.66. The lowest BCUT2D eigenvalue weighted by Crippen LogP contribution is -2.50. The fourth-order valence-electron chi connectivity index (χ4n) is 4.15. The molecule has 2 spiro atoms. The molecule has 27 heavy (non-hydrogen) atoms. The average Bonchev–Trinajstić information content (AvgIpc) is 3.20. The molecular weight excluding hydrogens is 455 g/mol. The molecule has 0 bridgehead atoms. The zero-order chi connectivity index (χ0) is 19.1. The summed E-state index contributed by atoms with van der Waals surface area (Å²) >= 11 is 2.11. The summed E-state index contributed by atoms with van der Waals surface area (Å²) in [5.74, 6) is 0.0287. The predicted octanol–water partition coefficient (Wildman–Crippen LogP) is 3.81. The molecule has 2 heterocycles. The van der Waals surface area contributed by atoms with Gasteiger partial charge in [-0.3, -0.25) is 9.69 Å². The number of nitrogens with zero attached hydrogens (tertiary/aromatic N) is 2. The zero-order valence-corrected chi connectivity index (χ0v) is 17.3. The van der Waals surface area contributed by atoms with Crippen LogP contribution in [0.25, 0.3) is 0 Å². The van der Waals surface area contributed by atoms with E-state index in [-0.39, 0.29) is 12.0 Å². The second kappa shape index (κ2) is 6.82. The lowest BCUT2D eigenvalue weighted by molar-refractivity contribution is -0.127. The van der Waals surface area contributed by atoms with Crippen molar-refractivity contribution < 1.29 is 14.3 Å². The van der Waals surface area contributed by atoms with Crippen molar-refractivity contribution in [1.29, 1.82) is 0 Å². The minimum Gasteiger partial charge on any atom is -0.453 e. The number of halogens is 1. The quantitative estimate of drug-likeness (QED) is 0.482. The molecule has 2 amide bonds. The van der Waals surface area contributed by atoms with Crippen LogP contribution in [0.15, 0.2) is 64.3 Å². The largest absolute Gasteiger partial charge is 0.453 e. The highest BCUT2D eigenvalue weighted by molar-refractivity contribution is 14.1. The summed E-state index contributed by atoms with van der Waals surface area (Å²) in [5, 5.41) is 0. The van der Waals surface area contributed by atoms with Crippen LogP contribution in [0.2, 0.25) is 0 Å². The lowest BCUT2D eigenvalue weighted by atomic mass is 9.83. The van der Waals surface area contributed by atoms with E-state index in [1.54, 1.807) is 4.90 Å². The van der Waals surface area contributed by atoms with Gasteiger partial charge in [0.15, 0.2) is 0 Å². The summed E-state index contributed by atoms with van der Waals surface area (Å²) in [7, 11) is 1.41. The van der Waals surface area contributed by atoms with Crippen molar-refractivity contribution in [3.05, 3.63) is 69.9 Å². The Bertz CT molecular complexity index is 845. The van der Waals surface area contributed by atoms with E-state index in [1.165, 1.54) is 7.11 Å². The highest BCUT2D eigenvalue weighted by atomic mass is 127. The van der Waals surface area contributed by atoms with Crippen molar-refractivity contribution in [3.8, 4) is 0 Å². The van der Waals surface area contributed by atoms with Crippen LogP contribution in [0, 0.1) is 0 Å². The number of rotatable bonds is 2. The van der Waals surface area contributed by atoms with Gasteiger partial charge in [0, 0.05) is 13.1 Å². The second-order valence-electron chi connectivity index (χ2n) is 7.14. The third-order valence-corrected chi connectivity index (χ3v) is 6.37. The molecule has 5 nitrogen and oxygen atoms in total. The summed E-state index contributed by atoms with van der Waals surface area (Å²) < 4.78 is 5.67. The monoisotopic (exact) mass is 476 g/mol. The molecule has 0 atom stereocenters. The zero-order valence-electron chi connectivity index (χ0n) is 15.1. The van der Waals surface area contributed by atoms with Gasteiger partial charge in [-0.15, -0.1) is 0 Å². The van der Waals surface area contributed by atoms with Gasteiger partial charge in [-0.05, 0) is 47.1 Å². The Morgan fingerprint density at radius 1 is 1.19 bits per heavy atom. The van der Waals surface area contributed by atoms with E-state index >= 15 is 0 Å². The van der Waals surface area contributed by atoms with E-state index in [0.717, 1.165) is 18.4 Å². The first kappa shape index (κ1) is 18.3. The van der Waals surface area contributed by atoms with Crippen molar-refractivity contribution in [3.63, 3.8) is 0 Å². The maximum absolute atomic E-state index is 12.8. The van der Waals surface area contributed by atoms with Crippen molar-refractivity contribution in [2.75, 3.05) is 13.7 Å². The van der Waals surface area contributed by atoms with Crippen LogP contribution in [0.1, 0.15) is 18.4 Å². The minimum atomic E-state index is -0.584. The standard InChI is InChI=1S/C21H21IN2O3/c1-27-19(26)23-13-5-8-20(23)9-11-21(12-10-20)14-17(22)18(25)24(21)15-16-6-3-2-4-7-16/h2-4,6-7,9-12,14H,5,8,13,15H2,1H3. The first-order chi connectivity index (χ1) is 13.0. The first-order valence-corrected chi connectivity index (χ1v) is 10.1. The van der Waals surface area contributed by atoms with Gasteiger partial charge in [0.2, 0.25) is 0 Å². The third kappa shape index (κ3) is 2.99. The normalized spacial score (nSPS) is 29.1. The Morgan fingerprint density at radius 3 is 2.56 bits per heavy atom. The predicted molar refractivity (Wildman–Crippen MR) is 111 cm³/mol. The van der Waals surface area contributed by atoms with Gasteiger partial charge in [-0.25, -0.2) is 4.79 Å². The Labute approximate surface area is 172 Å². The van der Waals surface area contributed by atoms with E-state index in [1.807, 2.05) is 41.3 Å². The van der Waals surface area contributed by atoms with Crippen molar-refractivity contribution in [2.45, 2.75) is 30.5 Å². The Kier molecular flexibility index (Phi) is 4.61. The smallest absolute Gasteiger partial charge is 0.410 e. The lowest BCUT2D eigenvalue weighted by Gasteiger charge is -2.41. The molecule has 1 aromatic rings. The van der Waals surface area contributed by atoms with Crippen LogP contribution in [0.4, 0.5) is 4.79 Å². The van der Waals surface area contributed by atoms with Crippen LogP contribution in [0.5, 0.6) is 0 Å². The number of methoxy groups -OCH3 is 1. The molecule has 0 saturated carbocycles. The highest BCUT2D eigenvalue weighted by Crippen LogP contribution is 2.42. The molecule has 3 aliphatic rings. The van der Waals surface area contributed by atoms with E-state index in [9.17, 15) is 9.59 Å². The SMILES string of the molecule is COC(=O)N1CCCC12C=CC1(C=C2)C=C(I)C(=O)N1Cc1ccccc1. The third-order valence-electron chi connectivity index (χ3n) is 5.59. The van der Waals surface area contributed by atoms with Gasteiger partial charge in [0.25, 0.3) is 5.91 Å². The summed E-state index contributed by atoms with van der Waals surface area (Å²) in [6, 6.07) is 9.99. The summed E-state index contributed by atoms with van der Waals surface area (Å²) in [4.78, 5) is 28.6. The second-order valence-corrected chi connectivity index (χ2v) is 8.30. The average molecular weight is 476 g/mol. The number of amides is 2. The molecule has 1 aromatic carbocycles. The molecular formula is C21H21IN2O3. The number of hydrogen-bond donors (Lipinski definition) is 0. The van der Waals surface area contributed by atoms with Crippen LogP contribution in [-0.4, -0.2) is 46.5 Å². The van der Waals surface area contributed by atoms with Gasteiger partial charge >= 0.3 is 6.09 Å². The van der Waals surface area contributed by atoms with Crippen LogP contribution >= 0.6 is 22.6 Å². The highest BCUT2D eigenvalue weighted by Gasteiger charge is 2.48. The molecule has 2 aliphatic heterocycles. The number of hydrogen-bond acceptors (Lipinski definition) is 3. The fraction of sp³-hybridized carbons (Fsp3) is 0.333. The Hall–Kier alpha value is -2.09. The molecule has 0 N–H and O–H groups in total. The molecule has 4 rings (SSSR count). The van der Waals surface area contributed by atoms with Crippen molar-refractivity contribution in [2.24, 2.45) is 0 Å². The summed E-state index contributed by atoms with van der Waals surface area (Å²) in [6.45, 7) is 1.21. The van der Waals surface area contributed by atoms with Gasteiger partial charge in [0.05, 0.1) is 16.2 Å². The summed E-state index contributed by atoms with van der Waals surface area (Å²) in [5.41, 5.74) is 0.0460. The molecule has 0 aromatic heterocycles. The van der Waals surface area contributed by atoms with Crippen LogP contribution < -0.4 is 0 Å². The first-order valence-electron chi connectivity index (χ1n) is 9.00. The van der Waals surface area contributed by atoms with Crippen LogP contribution in [-0.2, 0) is 16.1 Å². The molecule has 0 radical (unpaired) electrons. The number of carbonyl (C=O) groups excluding carboxylic acids is 2. The molecule has 6 heteroatoms. The van der Waals surface area contributed by atoms with Crippen molar-refractivity contribution in [1.82, 2.24) is 9.80 Å². The van der Waals surface area contributed by atoms with E-state index < -0.39 is 11.1 Å². The number of benzene rings is 1. The van der Waals surface area contributed by atoms with E-state index in [2.05, 4.69) is 46.9 Å². The fourth-order valence-corrected chi connectivity index (χ4v) is 4.94. The molecule has 1 saturated heterocycles. The topological polar surface area (TPSA) is 49.9 Å². The molecule has 140 valence electrons. The minimum absolute atomic E-state index is 0.0287. The van der Waals surface area contributed by atoms with Gasteiger partial charge in [-0.1, -0.05) is 54.6 Å². The molecule has 1 fully saturated rings. The maximum Gasteiger partial charge on any atom is 0.410 e. The van der Waals surface area contributed by atoms with Crippen LogP contribution in [0.3, 0.4) is 0 Å². The number of carbonyl (C=O) groups is 2. The Morgan fingerprint density at radius 2 is 1.89 bits per heavy atom. The summed E-state index contributed by atoms with van der Waals surface area (Å²) in [6.07, 6.45) is 11.7. The number of ether oxygens (including phenoxy) is 1. The van der Waals surface area contributed by atoms with E-state index in [0.29, 0.717) is 16.7 Å². The van der Waals surface area contributed by atoms with Gasteiger partial charge in [0.1, 0.15) is 5.54 Å². The maximum atomic E-state index is 12.8. The van der Waals surface area contributed by atoms with Gasteiger partial charge in [-0.2, -0.15) is 0 Å². The van der Waals surface area contributed by atoms with Crippen molar-refractivity contribution >= 4 is 34.6 Å².